The van der Waals surface area contributed by atoms with Gasteiger partial charge in [-0.05, 0) is 24.3 Å². The van der Waals surface area contributed by atoms with Crippen molar-refractivity contribution in [3.8, 4) is 11.5 Å². The summed E-state index contributed by atoms with van der Waals surface area (Å²) in [4.78, 5) is 14.3. The normalized spacial score (nSPS) is 10.6. The molecule has 5 nitrogen and oxygen atoms in total. The van der Waals surface area contributed by atoms with Crippen molar-refractivity contribution in [2.24, 2.45) is 0 Å². The molecule has 0 bridgehead atoms. The fourth-order valence-electron chi connectivity index (χ4n) is 2.36. The van der Waals surface area contributed by atoms with Crippen LogP contribution in [0.5, 0.6) is 11.5 Å². The Morgan fingerprint density at radius 3 is 2.64 bits per heavy atom. The van der Waals surface area contributed by atoms with Crippen molar-refractivity contribution in [3.63, 3.8) is 0 Å². The van der Waals surface area contributed by atoms with E-state index in [2.05, 4.69) is 4.98 Å². The van der Waals surface area contributed by atoms with Gasteiger partial charge in [0.2, 0.25) is 0 Å². The van der Waals surface area contributed by atoms with Gasteiger partial charge in [0.05, 0.1) is 23.9 Å². The fourth-order valence-corrected chi connectivity index (χ4v) is 2.36. The van der Waals surface area contributed by atoms with Gasteiger partial charge in [-0.15, -0.1) is 0 Å². The maximum Gasteiger partial charge on any atom is 0.337 e. The second-order valence-electron chi connectivity index (χ2n) is 4.81. The molecule has 0 aliphatic heterocycles. The van der Waals surface area contributed by atoms with Crippen LogP contribution in [0.2, 0.25) is 0 Å². The van der Waals surface area contributed by atoms with Crippen molar-refractivity contribution in [1.82, 2.24) is 4.98 Å². The molecule has 0 fully saturated rings. The third kappa shape index (κ3) is 2.61. The predicted octanol–water partition coefficient (Wildman–Crippen LogP) is 3.45. The number of carboxylic acids is 1. The first-order chi connectivity index (χ1) is 10.7. The average molecular weight is 297 g/mol. The molecule has 0 saturated carbocycles. The summed E-state index contributed by atoms with van der Waals surface area (Å²) in [5.41, 5.74) is 1.66. The smallest absolute Gasteiger partial charge is 0.337 e. The number of aromatic carboxylic acids is 1. The monoisotopic (exact) mass is 297 g/mol. The van der Waals surface area contributed by atoms with E-state index < -0.39 is 5.97 Å². The number of nitrogens with one attached hydrogen (secondary N) is 1. The lowest BCUT2D eigenvalue weighted by atomic mass is 10.1. The van der Waals surface area contributed by atoms with E-state index in [1.54, 1.807) is 19.2 Å². The van der Waals surface area contributed by atoms with Crippen LogP contribution in [0, 0.1) is 0 Å². The Kier molecular flexibility index (Phi) is 3.70. The molecule has 1 aromatic heterocycles. The number of rotatable bonds is 5. The molecule has 3 rings (SSSR count). The Morgan fingerprint density at radius 2 is 1.91 bits per heavy atom. The first kappa shape index (κ1) is 14.0. The minimum atomic E-state index is -0.954. The van der Waals surface area contributed by atoms with E-state index in [1.807, 2.05) is 36.4 Å². The van der Waals surface area contributed by atoms with Gasteiger partial charge in [-0.1, -0.05) is 24.3 Å². The van der Waals surface area contributed by atoms with E-state index in [9.17, 15) is 9.90 Å². The maximum absolute atomic E-state index is 11.2. The van der Waals surface area contributed by atoms with Crippen LogP contribution in [-0.4, -0.2) is 23.2 Å². The standard InChI is InChI=1S/C17H15NO4/c1-21-14-7-2-3-8-15(14)22-10-12-9-11-5-4-6-13(17(19)20)16(11)18-12/h2-9,18H,10H2,1H3,(H,19,20). The van der Waals surface area contributed by atoms with Crippen molar-refractivity contribution < 1.29 is 19.4 Å². The minimum absolute atomic E-state index is 0.251. The Labute approximate surface area is 127 Å². The number of H-pyrrole nitrogens is 1. The number of aromatic amines is 1. The van der Waals surface area contributed by atoms with Gasteiger partial charge in [-0.2, -0.15) is 0 Å². The van der Waals surface area contributed by atoms with E-state index in [0.717, 1.165) is 11.1 Å². The van der Waals surface area contributed by atoms with E-state index in [0.29, 0.717) is 23.6 Å². The van der Waals surface area contributed by atoms with Crippen LogP contribution in [0.4, 0.5) is 0 Å². The number of hydrogen-bond donors (Lipinski definition) is 2. The quantitative estimate of drug-likeness (QED) is 0.756. The zero-order valence-corrected chi connectivity index (χ0v) is 12.0. The fraction of sp³-hybridized carbons (Fsp3) is 0.118. The molecular weight excluding hydrogens is 282 g/mol. The molecule has 2 aromatic carbocycles. The van der Waals surface area contributed by atoms with Crippen molar-refractivity contribution in [2.45, 2.75) is 6.61 Å². The number of carboxylic acid groups (broad SMARTS) is 1. The van der Waals surface area contributed by atoms with Gasteiger partial charge in [-0.25, -0.2) is 4.79 Å². The lowest BCUT2D eigenvalue weighted by molar-refractivity contribution is 0.0699. The molecule has 0 aliphatic carbocycles. The summed E-state index contributed by atoms with van der Waals surface area (Å²) < 4.78 is 11.0. The molecule has 0 saturated heterocycles. The highest BCUT2D eigenvalue weighted by molar-refractivity contribution is 6.02. The van der Waals surface area contributed by atoms with E-state index >= 15 is 0 Å². The second kappa shape index (κ2) is 5.81. The summed E-state index contributed by atoms with van der Waals surface area (Å²) in [5, 5.41) is 10.0. The Balaban J connectivity index is 1.86. The molecule has 1 heterocycles. The van der Waals surface area contributed by atoms with Crippen molar-refractivity contribution in [1.29, 1.82) is 0 Å². The number of ether oxygens (including phenoxy) is 2. The van der Waals surface area contributed by atoms with E-state index in [1.165, 1.54) is 0 Å². The number of fused-ring (bicyclic) bond motifs is 1. The Hall–Kier alpha value is -2.95. The van der Waals surface area contributed by atoms with E-state index in [4.69, 9.17) is 9.47 Å². The number of benzene rings is 2. The molecule has 22 heavy (non-hydrogen) atoms. The molecule has 0 amide bonds. The molecule has 0 radical (unpaired) electrons. The molecule has 2 N–H and O–H groups in total. The highest BCUT2D eigenvalue weighted by Crippen LogP contribution is 2.27. The van der Waals surface area contributed by atoms with Gasteiger partial charge in [0, 0.05) is 5.39 Å². The minimum Gasteiger partial charge on any atom is -0.493 e. The number of hydrogen-bond acceptors (Lipinski definition) is 3. The Bertz CT molecular complexity index is 822. The van der Waals surface area contributed by atoms with Gasteiger partial charge in [-0.3, -0.25) is 0 Å². The summed E-state index contributed by atoms with van der Waals surface area (Å²) in [6.45, 7) is 0.300. The first-order valence-corrected chi connectivity index (χ1v) is 6.79. The highest BCUT2D eigenvalue weighted by atomic mass is 16.5. The van der Waals surface area contributed by atoms with Gasteiger partial charge >= 0.3 is 5.97 Å². The van der Waals surface area contributed by atoms with Crippen LogP contribution in [0.3, 0.4) is 0 Å². The third-order valence-corrected chi connectivity index (χ3v) is 3.39. The SMILES string of the molecule is COc1ccccc1OCc1cc2cccc(C(=O)O)c2[nH]1. The van der Waals surface area contributed by atoms with Gasteiger partial charge in [0.15, 0.2) is 11.5 Å². The first-order valence-electron chi connectivity index (χ1n) is 6.79. The van der Waals surface area contributed by atoms with Crippen LogP contribution in [-0.2, 0) is 6.61 Å². The molecule has 0 unspecified atom stereocenters. The zero-order valence-electron chi connectivity index (χ0n) is 12.0. The number of methoxy groups -OCH3 is 1. The number of para-hydroxylation sites is 3. The predicted molar refractivity (Wildman–Crippen MR) is 82.6 cm³/mol. The summed E-state index contributed by atoms with van der Waals surface area (Å²) in [5.74, 6) is 0.344. The van der Waals surface area contributed by atoms with Crippen LogP contribution < -0.4 is 9.47 Å². The average Bonchev–Trinajstić information content (AvgIpc) is 2.95. The Morgan fingerprint density at radius 1 is 1.14 bits per heavy atom. The van der Waals surface area contributed by atoms with Crippen molar-refractivity contribution >= 4 is 16.9 Å². The molecule has 3 aromatic rings. The highest BCUT2D eigenvalue weighted by Gasteiger charge is 2.11. The number of carbonyl (C=O) groups is 1. The van der Waals surface area contributed by atoms with Crippen LogP contribution in [0.1, 0.15) is 16.1 Å². The molecular formula is C17H15NO4. The number of aromatic nitrogens is 1. The lowest BCUT2D eigenvalue weighted by Gasteiger charge is -2.09. The third-order valence-electron chi connectivity index (χ3n) is 3.39. The second-order valence-corrected chi connectivity index (χ2v) is 4.81. The van der Waals surface area contributed by atoms with Gasteiger partial charge in [0.25, 0.3) is 0 Å². The summed E-state index contributed by atoms with van der Waals surface area (Å²) in [6.07, 6.45) is 0. The molecule has 112 valence electrons. The molecule has 0 aliphatic rings. The molecule has 0 atom stereocenters. The van der Waals surface area contributed by atoms with Crippen LogP contribution in [0.25, 0.3) is 10.9 Å². The van der Waals surface area contributed by atoms with E-state index in [-0.39, 0.29) is 5.56 Å². The van der Waals surface area contributed by atoms with Crippen molar-refractivity contribution in [2.75, 3.05) is 7.11 Å². The summed E-state index contributed by atoms with van der Waals surface area (Å²) in [7, 11) is 1.59. The van der Waals surface area contributed by atoms with Crippen LogP contribution >= 0.6 is 0 Å². The van der Waals surface area contributed by atoms with Crippen LogP contribution in [0.15, 0.2) is 48.5 Å². The largest absolute Gasteiger partial charge is 0.493 e. The topological polar surface area (TPSA) is 71.6 Å². The molecule has 0 spiro atoms. The molecule has 5 heteroatoms. The van der Waals surface area contributed by atoms with Gasteiger partial charge < -0.3 is 19.6 Å². The maximum atomic E-state index is 11.2. The van der Waals surface area contributed by atoms with Crippen molar-refractivity contribution in [3.05, 3.63) is 59.8 Å². The summed E-state index contributed by atoms with van der Waals surface area (Å²) >= 11 is 0. The summed E-state index contributed by atoms with van der Waals surface area (Å²) in [6, 6.07) is 14.4. The lowest BCUT2D eigenvalue weighted by Crippen LogP contribution is -1.99. The zero-order chi connectivity index (χ0) is 15.5. The van der Waals surface area contributed by atoms with Gasteiger partial charge in [0.1, 0.15) is 6.61 Å².